The van der Waals surface area contributed by atoms with E-state index in [4.69, 9.17) is 38.5 Å². The van der Waals surface area contributed by atoms with Crippen LogP contribution in [0.25, 0.3) is 34.4 Å². The molecule has 0 N–H and O–H groups in total. The number of piperazine rings is 2. The lowest BCUT2D eigenvalue weighted by molar-refractivity contribution is -0.215. The van der Waals surface area contributed by atoms with E-state index in [0.717, 1.165) is 74.7 Å². The monoisotopic (exact) mass is 1100 g/mol. The SMILES string of the molecule is COC(=O)C1CN(C(=O)OC)CCN1C(=O)/C=C/c1ccc(Sc2ccc(/C=C/C(=O)N3CCN(C(=O)OC)CC3C(=O)OC)c(-c3ccc4c(c3)CCOO4)c2C(F)(F)F)c(C(F)(F)F)c1-c1ccc2c(c1)CCOO2. The van der Waals surface area contributed by atoms with Crippen LogP contribution in [-0.2, 0) is 73.1 Å². The molecular formula is C52H48F6N4O14S. The summed E-state index contributed by atoms with van der Waals surface area (Å²) in [6.45, 7) is -0.995. The van der Waals surface area contributed by atoms with E-state index in [1.165, 1.54) is 58.3 Å². The molecule has 2 unspecified atom stereocenters. The van der Waals surface area contributed by atoms with E-state index in [1.54, 1.807) is 0 Å². The van der Waals surface area contributed by atoms with E-state index in [0.29, 0.717) is 11.1 Å². The number of alkyl halides is 6. The second kappa shape index (κ2) is 23.2. The average molecular weight is 1100 g/mol. The maximum absolute atomic E-state index is 16.0. The lowest BCUT2D eigenvalue weighted by Crippen LogP contribution is -2.59. The first-order chi connectivity index (χ1) is 36.8. The number of fused-ring (bicyclic) bond motifs is 2. The van der Waals surface area contributed by atoms with Gasteiger partial charge in [-0.05, 0) is 70.8 Å². The minimum Gasteiger partial charge on any atom is -0.467 e. The summed E-state index contributed by atoms with van der Waals surface area (Å²) >= 11 is 0.187. The van der Waals surface area contributed by atoms with E-state index < -0.39 is 92.4 Å². The molecule has 4 heterocycles. The molecule has 0 radical (unpaired) electrons. The van der Waals surface area contributed by atoms with E-state index in [1.807, 2.05) is 0 Å². The first-order valence-electron chi connectivity index (χ1n) is 23.6. The van der Waals surface area contributed by atoms with Crippen molar-refractivity contribution < 1.29 is 93.6 Å². The van der Waals surface area contributed by atoms with Crippen LogP contribution in [-0.4, -0.2) is 149 Å². The topological polar surface area (TPSA) is 189 Å². The number of carbonyl (C=O) groups excluding carboxylic acids is 6. The highest BCUT2D eigenvalue weighted by Crippen LogP contribution is 2.52. The third kappa shape index (κ3) is 12.0. The van der Waals surface area contributed by atoms with Crippen LogP contribution >= 0.6 is 11.8 Å². The van der Waals surface area contributed by atoms with Crippen molar-refractivity contribution in [3.63, 3.8) is 0 Å². The van der Waals surface area contributed by atoms with Crippen molar-refractivity contribution >= 4 is 59.9 Å². The molecule has 4 aromatic rings. The smallest absolute Gasteiger partial charge is 0.418 e. The van der Waals surface area contributed by atoms with Crippen LogP contribution < -0.4 is 9.78 Å². The van der Waals surface area contributed by atoms with Crippen LogP contribution in [0.4, 0.5) is 35.9 Å². The lowest BCUT2D eigenvalue weighted by atomic mass is 9.91. The number of benzene rings is 4. The zero-order valence-electron chi connectivity index (χ0n) is 41.5. The maximum Gasteiger partial charge on any atom is 0.418 e. The van der Waals surface area contributed by atoms with Crippen LogP contribution in [0, 0.1) is 0 Å². The van der Waals surface area contributed by atoms with Gasteiger partial charge in [0.05, 0.1) is 65.9 Å². The van der Waals surface area contributed by atoms with Crippen molar-refractivity contribution in [3.05, 3.63) is 106 Å². The number of esters is 2. The van der Waals surface area contributed by atoms with Gasteiger partial charge in [-0.2, -0.15) is 36.1 Å². The molecule has 2 saturated heterocycles. The number of ether oxygens (including phenoxy) is 4. The molecule has 4 aliphatic heterocycles. The molecule has 77 heavy (non-hydrogen) atoms. The Bertz CT molecular complexity index is 2840. The first kappa shape index (κ1) is 55.5. The molecule has 18 nitrogen and oxygen atoms in total. The summed E-state index contributed by atoms with van der Waals surface area (Å²) in [5.74, 6) is -2.98. The molecule has 4 aliphatic rings. The van der Waals surface area contributed by atoms with Crippen molar-refractivity contribution in [3.8, 4) is 33.8 Å². The van der Waals surface area contributed by atoms with Gasteiger partial charge in [0.15, 0.2) is 11.5 Å². The van der Waals surface area contributed by atoms with E-state index in [9.17, 15) is 28.8 Å². The number of rotatable bonds is 10. The highest BCUT2D eigenvalue weighted by atomic mass is 32.2. The second-order valence-electron chi connectivity index (χ2n) is 17.5. The molecule has 4 amide bonds. The van der Waals surface area contributed by atoms with Crippen LogP contribution in [0.3, 0.4) is 0 Å². The van der Waals surface area contributed by atoms with Crippen LogP contribution in [0.15, 0.2) is 82.6 Å². The Balaban J connectivity index is 1.25. The van der Waals surface area contributed by atoms with Gasteiger partial charge in [0.2, 0.25) is 11.8 Å². The summed E-state index contributed by atoms with van der Waals surface area (Å²) in [5, 5.41) is 0. The Morgan fingerprint density at radius 3 is 1.32 bits per heavy atom. The van der Waals surface area contributed by atoms with E-state index in [2.05, 4.69) is 0 Å². The normalized spacial score (nSPS) is 17.7. The lowest BCUT2D eigenvalue weighted by Gasteiger charge is -2.38. The fraction of sp³-hybridized carbons (Fsp3) is 0.346. The number of halogens is 6. The molecule has 2 atom stereocenters. The fourth-order valence-corrected chi connectivity index (χ4v) is 10.5. The van der Waals surface area contributed by atoms with Crippen LogP contribution in [0.1, 0.15) is 33.4 Å². The van der Waals surface area contributed by atoms with Crippen molar-refractivity contribution in [2.75, 3.05) is 80.9 Å². The fourth-order valence-electron chi connectivity index (χ4n) is 9.36. The highest BCUT2D eigenvalue weighted by Gasteiger charge is 2.43. The molecule has 4 aromatic carbocycles. The molecule has 0 spiro atoms. The maximum atomic E-state index is 16.0. The summed E-state index contributed by atoms with van der Waals surface area (Å²) < 4.78 is 116. The Hall–Kier alpha value is -7.77. The Labute approximate surface area is 439 Å². The third-order valence-corrected chi connectivity index (χ3v) is 14.2. The molecule has 0 saturated carbocycles. The third-order valence-electron chi connectivity index (χ3n) is 13.0. The van der Waals surface area contributed by atoms with Gasteiger partial charge in [-0.3, -0.25) is 9.59 Å². The predicted molar refractivity (Wildman–Crippen MR) is 260 cm³/mol. The van der Waals surface area contributed by atoms with E-state index >= 15 is 26.3 Å². The summed E-state index contributed by atoms with van der Waals surface area (Å²) in [7, 11) is 4.43. The van der Waals surface area contributed by atoms with Gasteiger partial charge in [0, 0.05) is 83.2 Å². The standard InChI is InChI=1S/C52H48F6N4O14S/c1-69-47(65)35-27-59(49(67)71-3)19-21-61(35)41(63)15-9-29-7-13-39(45(51(53,54)55)43(29)33-5-11-37-31(25-33)17-23-73-75-37)77-40-14-8-30(10-16-42(64)62-22-20-60(50(68)72-4)28-36(62)48(66)70-2)44(46(40)52(56,57)58)34-6-12-38-32(26-34)18-24-74-76-38/h5-16,25-26,35-36H,17-24,27-28H2,1-4H3/b15-9+,16-10+. The minimum atomic E-state index is -5.27. The molecular weight excluding hydrogens is 1050 g/mol. The Morgan fingerprint density at radius 1 is 0.558 bits per heavy atom. The molecule has 0 aromatic heterocycles. The summed E-state index contributed by atoms with van der Waals surface area (Å²) in [4.78, 5) is 102. The number of nitrogens with zero attached hydrogens (tertiary/aromatic N) is 4. The highest BCUT2D eigenvalue weighted by molar-refractivity contribution is 7.99. The summed E-state index contributed by atoms with van der Waals surface area (Å²) in [5.41, 5.74) is -3.29. The van der Waals surface area contributed by atoms with Crippen molar-refractivity contribution in [1.29, 1.82) is 0 Å². The molecule has 0 aliphatic carbocycles. The van der Waals surface area contributed by atoms with Crippen molar-refractivity contribution in [2.24, 2.45) is 0 Å². The Kier molecular flexibility index (Phi) is 16.7. The summed E-state index contributed by atoms with van der Waals surface area (Å²) in [6.07, 6.45) is -7.54. The summed E-state index contributed by atoms with van der Waals surface area (Å²) in [6, 6.07) is 10.0. The zero-order chi connectivity index (χ0) is 55.3. The number of hydrogen-bond donors (Lipinski definition) is 0. The number of carbonyl (C=O) groups is 6. The average Bonchev–Trinajstić information content (AvgIpc) is 3.45. The molecule has 25 heteroatoms. The van der Waals surface area contributed by atoms with Gasteiger partial charge in [0.25, 0.3) is 0 Å². The van der Waals surface area contributed by atoms with Crippen LogP contribution in [0.5, 0.6) is 11.5 Å². The van der Waals surface area contributed by atoms with Gasteiger partial charge >= 0.3 is 36.5 Å². The molecule has 0 bridgehead atoms. The molecule has 408 valence electrons. The second-order valence-corrected chi connectivity index (χ2v) is 18.6. The minimum absolute atomic E-state index is 0.0430. The predicted octanol–water partition coefficient (Wildman–Crippen LogP) is 7.87. The van der Waals surface area contributed by atoms with E-state index in [-0.39, 0.29) is 111 Å². The van der Waals surface area contributed by atoms with Crippen molar-refractivity contribution in [2.45, 2.75) is 47.1 Å². The zero-order valence-corrected chi connectivity index (χ0v) is 42.3. The number of amides is 4. The first-order valence-corrected chi connectivity index (χ1v) is 24.4. The number of hydrogen-bond acceptors (Lipinski definition) is 15. The van der Waals surface area contributed by atoms with Gasteiger partial charge < -0.3 is 48.3 Å². The van der Waals surface area contributed by atoms with Gasteiger partial charge in [0.1, 0.15) is 12.1 Å². The van der Waals surface area contributed by atoms with Gasteiger partial charge in [-0.25, -0.2) is 19.2 Å². The van der Waals surface area contributed by atoms with Gasteiger partial charge in [-0.15, -0.1) is 0 Å². The van der Waals surface area contributed by atoms with Crippen molar-refractivity contribution in [1.82, 2.24) is 19.6 Å². The largest absolute Gasteiger partial charge is 0.467 e. The molecule has 8 rings (SSSR count). The molecule has 2 fully saturated rings. The van der Waals surface area contributed by atoms with Crippen LogP contribution in [0.2, 0.25) is 0 Å². The quantitative estimate of drug-likeness (QED) is 0.0490. The Morgan fingerprint density at radius 2 is 0.961 bits per heavy atom. The number of methoxy groups -OCH3 is 4. The van der Waals surface area contributed by atoms with Gasteiger partial charge in [-0.1, -0.05) is 36.0 Å².